The van der Waals surface area contributed by atoms with Crippen molar-refractivity contribution >= 4 is 10.0 Å². The predicted molar refractivity (Wildman–Crippen MR) is 60.1 cm³/mol. The molecule has 2 atom stereocenters. The van der Waals surface area contributed by atoms with E-state index >= 15 is 0 Å². The van der Waals surface area contributed by atoms with Crippen molar-refractivity contribution in [2.24, 2.45) is 5.92 Å². The van der Waals surface area contributed by atoms with Gasteiger partial charge < -0.3 is 5.11 Å². The molecule has 0 aromatic rings. The lowest BCUT2D eigenvalue weighted by atomic mass is 10.0. The molecule has 0 amide bonds. The van der Waals surface area contributed by atoms with Gasteiger partial charge in [0.05, 0.1) is 18.4 Å². The van der Waals surface area contributed by atoms with Crippen LogP contribution in [0.5, 0.6) is 0 Å². The molecule has 1 aliphatic rings. The number of aliphatic hydroxyl groups is 1. The first-order valence-corrected chi connectivity index (χ1v) is 7.24. The summed E-state index contributed by atoms with van der Waals surface area (Å²) in [4.78, 5) is 0. The van der Waals surface area contributed by atoms with Crippen LogP contribution in [0.3, 0.4) is 0 Å². The molecule has 0 aliphatic carbocycles. The van der Waals surface area contributed by atoms with Crippen LogP contribution in [0.2, 0.25) is 0 Å². The SMILES string of the molecule is CCCCS(=O)(=O)N1CCC(C)C1CO. The molecule has 1 fully saturated rings. The maximum atomic E-state index is 11.9. The Hall–Kier alpha value is -0.130. The van der Waals surface area contributed by atoms with Crippen molar-refractivity contribution in [1.29, 1.82) is 0 Å². The maximum absolute atomic E-state index is 11.9. The Kier molecular flexibility index (Phi) is 4.55. The highest BCUT2D eigenvalue weighted by atomic mass is 32.2. The fourth-order valence-electron chi connectivity index (χ4n) is 2.03. The average molecular weight is 235 g/mol. The molecule has 0 spiro atoms. The first-order chi connectivity index (χ1) is 7.03. The molecule has 90 valence electrons. The highest BCUT2D eigenvalue weighted by molar-refractivity contribution is 7.89. The van der Waals surface area contributed by atoms with Crippen molar-refractivity contribution in [2.75, 3.05) is 18.9 Å². The fraction of sp³-hybridized carbons (Fsp3) is 1.00. The van der Waals surface area contributed by atoms with Gasteiger partial charge in [-0.15, -0.1) is 0 Å². The van der Waals surface area contributed by atoms with Gasteiger partial charge in [0.25, 0.3) is 0 Å². The second-order valence-corrected chi connectivity index (χ2v) is 6.34. The lowest BCUT2D eigenvalue weighted by Crippen LogP contribution is -2.40. The normalized spacial score (nSPS) is 28.5. The summed E-state index contributed by atoms with van der Waals surface area (Å²) < 4.78 is 25.3. The van der Waals surface area contributed by atoms with E-state index < -0.39 is 10.0 Å². The quantitative estimate of drug-likeness (QED) is 0.767. The molecule has 0 bridgehead atoms. The minimum absolute atomic E-state index is 0.0630. The van der Waals surface area contributed by atoms with Crippen LogP contribution in [0.25, 0.3) is 0 Å². The van der Waals surface area contributed by atoms with E-state index in [2.05, 4.69) is 0 Å². The monoisotopic (exact) mass is 235 g/mol. The second kappa shape index (κ2) is 5.27. The van der Waals surface area contributed by atoms with Gasteiger partial charge in [-0.1, -0.05) is 20.3 Å². The number of hydrogen-bond donors (Lipinski definition) is 1. The zero-order valence-electron chi connectivity index (χ0n) is 9.52. The summed E-state index contributed by atoms with van der Waals surface area (Å²) in [5.41, 5.74) is 0. The molecular formula is C10H21NO3S. The van der Waals surface area contributed by atoms with Crippen LogP contribution in [0.15, 0.2) is 0 Å². The van der Waals surface area contributed by atoms with E-state index in [0.717, 1.165) is 12.8 Å². The van der Waals surface area contributed by atoms with Gasteiger partial charge in [-0.2, -0.15) is 4.31 Å². The third kappa shape index (κ3) is 2.92. The summed E-state index contributed by atoms with van der Waals surface area (Å²) in [5, 5.41) is 9.19. The number of rotatable bonds is 5. The van der Waals surface area contributed by atoms with E-state index in [1.165, 1.54) is 4.31 Å². The molecule has 2 unspecified atom stereocenters. The molecule has 1 rings (SSSR count). The molecular weight excluding hydrogens is 214 g/mol. The lowest BCUT2D eigenvalue weighted by Gasteiger charge is -2.24. The Bertz CT molecular complexity index is 289. The number of hydrogen-bond acceptors (Lipinski definition) is 3. The van der Waals surface area contributed by atoms with Crippen LogP contribution in [0.4, 0.5) is 0 Å². The van der Waals surface area contributed by atoms with Crippen molar-refractivity contribution in [3.05, 3.63) is 0 Å². The van der Waals surface area contributed by atoms with Crippen molar-refractivity contribution in [2.45, 2.75) is 39.2 Å². The third-order valence-corrected chi connectivity index (χ3v) is 5.10. The summed E-state index contributed by atoms with van der Waals surface area (Å²) in [6.45, 7) is 4.48. The van der Waals surface area contributed by atoms with Crippen molar-refractivity contribution < 1.29 is 13.5 Å². The van der Waals surface area contributed by atoms with Crippen molar-refractivity contribution in [3.63, 3.8) is 0 Å². The minimum Gasteiger partial charge on any atom is -0.395 e. The van der Waals surface area contributed by atoms with Crippen LogP contribution in [-0.2, 0) is 10.0 Å². The molecule has 4 nitrogen and oxygen atoms in total. The van der Waals surface area contributed by atoms with Crippen molar-refractivity contribution in [1.82, 2.24) is 4.31 Å². The molecule has 0 saturated carbocycles. The number of nitrogens with zero attached hydrogens (tertiary/aromatic N) is 1. The topological polar surface area (TPSA) is 57.6 Å². The van der Waals surface area contributed by atoms with E-state index in [9.17, 15) is 13.5 Å². The highest BCUT2D eigenvalue weighted by Gasteiger charge is 2.37. The van der Waals surface area contributed by atoms with E-state index in [1.54, 1.807) is 0 Å². The number of sulfonamides is 1. The second-order valence-electron chi connectivity index (χ2n) is 4.30. The zero-order valence-corrected chi connectivity index (χ0v) is 10.3. The van der Waals surface area contributed by atoms with Crippen LogP contribution in [-0.4, -0.2) is 42.8 Å². The zero-order chi connectivity index (χ0) is 11.5. The fourth-order valence-corrected chi connectivity index (χ4v) is 3.99. The maximum Gasteiger partial charge on any atom is 0.214 e. The Morgan fingerprint density at radius 2 is 2.13 bits per heavy atom. The molecule has 1 saturated heterocycles. The van der Waals surface area contributed by atoms with E-state index in [-0.39, 0.29) is 24.3 Å². The summed E-state index contributed by atoms with van der Waals surface area (Å²) in [6, 6.07) is -0.202. The largest absolute Gasteiger partial charge is 0.395 e. The molecule has 1 N–H and O–H groups in total. The Labute approximate surface area is 92.3 Å². The number of aliphatic hydroxyl groups excluding tert-OH is 1. The third-order valence-electron chi connectivity index (χ3n) is 3.13. The van der Waals surface area contributed by atoms with Gasteiger partial charge in [-0.05, 0) is 18.8 Å². The van der Waals surface area contributed by atoms with Gasteiger partial charge in [0.1, 0.15) is 0 Å². The Balaban J connectivity index is 2.70. The van der Waals surface area contributed by atoms with Crippen molar-refractivity contribution in [3.8, 4) is 0 Å². The average Bonchev–Trinajstić information content (AvgIpc) is 2.57. The predicted octanol–water partition coefficient (Wildman–Crippen LogP) is 0.819. The summed E-state index contributed by atoms with van der Waals surface area (Å²) in [6.07, 6.45) is 2.44. The molecule has 0 radical (unpaired) electrons. The van der Waals surface area contributed by atoms with Gasteiger partial charge in [0.15, 0.2) is 0 Å². The van der Waals surface area contributed by atoms with Crippen LogP contribution < -0.4 is 0 Å². The van der Waals surface area contributed by atoms with Crippen LogP contribution in [0, 0.1) is 5.92 Å². The van der Waals surface area contributed by atoms with Crippen LogP contribution in [0.1, 0.15) is 33.1 Å². The van der Waals surface area contributed by atoms with Gasteiger partial charge in [0.2, 0.25) is 10.0 Å². The molecule has 15 heavy (non-hydrogen) atoms. The van der Waals surface area contributed by atoms with E-state index in [0.29, 0.717) is 13.0 Å². The standard InChI is InChI=1S/C10H21NO3S/c1-3-4-7-15(13,14)11-6-5-9(2)10(11)8-12/h9-10,12H,3-8H2,1-2H3. The summed E-state index contributed by atoms with van der Waals surface area (Å²) >= 11 is 0. The van der Waals surface area contributed by atoms with Gasteiger partial charge in [0, 0.05) is 6.54 Å². The smallest absolute Gasteiger partial charge is 0.214 e. The van der Waals surface area contributed by atoms with Crippen LogP contribution >= 0.6 is 0 Å². The number of unbranched alkanes of at least 4 members (excludes halogenated alkanes) is 1. The molecule has 1 heterocycles. The van der Waals surface area contributed by atoms with E-state index in [1.807, 2.05) is 13.8 Å². The molecule has 0 aromatic heterocycles. The van der Waals surface area contributed by atoms with Gasteiger partial charge in [-0.25, -0.2) is 8.42 Å². The summed E-state index contributed by atoms with van der Waals surface area (Å²) in [7, 11) is -3.14. The molecule has 5 heteroatoms. The molecule has 1 aliphatic heterocycles. The summed E-state index contributed by atoms with van der Waals surface area (Å²) in [5.74, 6) is 0.485. The Morgan fingerprint density at radius 1 is 1.47 bits per heavy atom. The van der Waals surface area contributed by atoms with Gasteiger partial charge >= 0.3 is 0 Å². The molecule has 0 aromatic carbocycles. The first-order valence-electron chi connectivity index (χ1n) is 5.63. The van der Waals surface area contributed by atoms with E-state index in [4.69, 9.17) is 0 Å². The Morgan fingerprint density at radius 3 is 2.67 bits per heavy atom. The van der Waals surface area contributed by atoms with Gasteiger partial charge in [-0.3, -0.25) is 0 Å². The minimum atomic E-state index is -3.14. The highest BCUT2D eigenvalue weighted by Crippen LogP contribution is 2.26. The first kappa shape index (κ1) is 12.9. The lowest BCUT2D eigenvalue weighted by molar-refractivity contribution is 0.191.